The predicted octanol–water partition coefficient (Wildman–Crippen LogP) is 4.20. The van der Waals surface area contributed by atoms with Crippen LogP contribution in [0.15, 0.2) is 55.6 Å². The van der Waals surface area contributed by atoms with Crippen LogP contribution in [-0.2, 0) is 0 Å². The molecule has 92 valence electrons. The van der Waals surface area contributed by atoms with Gasteiger partial charge in [0.1, 0.15) is 0 Å². The molecule has 0 spiro atoms. The van der Waals surface area contributed by atoms with Gasteiger partial charge in [0, 0.05) is 18.6 Å². The molecule has 1 rings (SSSR count). The topological polar surface area (TPSA) is 3.24 Å². The van der Waals surface area contributed by atoms with Crippen molar-refractivity contribution in [3.63, 3.8) is 0 Å². The molecular weight excluding hydrogens is 206 g/mol. The molecule has 0 heterocycles. The molecule has 17 heavy (non-hydrogen) atoms. The van der Waals surface area contributed by atoms with E-state index in [0.29, 0.717) is 12.1 Å². The Bertz CT molecular complexity index is 342. The molecule has 0 amide bonds. The summed E-state index contributed by atoms with van der Waals surface area (Å²) in [5.74, 6) is 0. The summed E-state index contributed by atoms with van der Waals surface area (Å²) in [6.07, 6.45) is 4.96. The molecule has 0 fully saturated rings. The van der Waals surface area contributed by atoms with E-state index in [1.807, 2.05) is 12.2 Å². The summed E-state index contributed by atoms with van der Waals surface area (Å²) >= 11 is 0. The zero-order chi connectivity index (χ0) is 12.7. The summed E-state index contributed by atoms with van der Waals surface area (Å²) in [6.45, 7) is 13.1. The first-order valence-corrected chi connectivity index (χ1v) is 6.23. The first-order valence-electron chi connectivity index (χ1n) is 6.23. The van der Waals surface area contributed by atoms with Crippen molar-refractivity contribution in [1.29, 1.82) is 0 Å². The minimum absolute atomic E-state index is 0.407. The normalized spacial score (nSPS) is 14.3. The zero-order valence-corrected chi connectivity index (χ0v) is 11.0. The van der Waals surface area contributed by atoms with Crippen molar-refractivity contribution in [2.45, 2.75) is 32.4 Å². The summed E-state index contributed by atoms with van der Waals surface area (Å²) in [5.41, 5.74) is 1.35. The smallest absolute Gasteiger partial charge is 0.0326 e. The van der Waals surface area contributed by atoms with Crippen molar-refractivity contribution in [1.82, 2.24) is 4.90 Å². The Kier molecular flexibility index (Phi) is 5.71. The van der Waals surface area contributed by atoms with Gasteiger partial charge in [0.2, 0.25) is 0 Å². The standard InChI is InChI=1S/C16H23N/c1-5-10-14(3)17(13-6-2)15(4)16-11-8-7-9-12-16/h5-9,11-12,14-15H,1-2,10,13H2,3-4H3/t14-,15-/m1/s1. The minimum atomic E-state index is 0.407. The number of hydrogen-bond acceptors (Lipinski definition) is 1. The maximum Gasteiger partial charge on any atom is 0.0326 e. The Hall–Kier alpha value is -1.34. The monoisotopic (exact) mass is 229 g/mol. The minimum Gasteiger partial charge on any atom is -0.290 e. The molecule has 0 bridgehead atoms. The van der Waals surface area contributed by atoms with Gasteiger partial charge in [-0.25, -0.2) is 0 Å². The van der Waals surface area contributed by atoms with Crippen LogP contribution in [-0.4, -0.2) is 17.5 Å². The van der Waals surface area contributed by atoms with Crippen LogP contribution in [0.1, 0.15) is 31.9 Å². The molecule has 0 unspecified atom stereocenters. The second-order valence-electron chi connectivity index (χ2n) is 4.45. The summed E-state index contributed by atoms with van der Waals surface area (Å²) < 4.78 is 0. The van der Waals surface area contributed by atoms with Gasteiger partial charge in [-0.15, -0.1) is 13.2 Å². The zero-order valence-electron chi connectivity index (χ0n) is 11.0. The molecule has 0 aliphatic rings. The number of benzene rings is 1. The van der Waals surface area contributed by atoms with E-state index in [9.17, 15) is 0 Å². The van der Waals surface area contributed by atoms with Crippen LogP contribution in [0, 0.1) is 0 Å². The Balaban J connectivity index is 2.82. The van der Waals surface area contributed by atoms with E-state index >= 15 is 0 Å². The van der Waals surface area contributed by atoms with Crippen LogP contribution < -0.4 is 0 Å². The maximum absolute atomic E-state index is 3.85. The molecule has 0 radical (unpaired) electrons. The predicted molar refractivity (Wildman–Crippen MR) is 76.0 cm³/mol. The molecule has 1 aromatic carbocycles. The molecule has 2 atom stereocenters. The van der Waals surface area contributed by atoms with Crippen molar-refractivity contribution >= 4 is 0 Å². The molecule has 0 N–H and O–H groups in total. The van der Waals surface area contributed by atoms with Gasteiger partial charge < -0.3 is 0 Å². The molecule has 0 aliphatic heterocycles. The number of nitrogens with zero attached hydrogens (tertiary/aromatic N) is 1. The van der Waals surface area contributed by atoms with E-state index in [-0.39, 0.29) is 0 Å². The van der Waals surface area contributed by atoms with Crippen LogP contribution in [0.3, 0.4) is 0 Å². The van der Waals surface area contributed by atoms with Gasteiger partial charge in [-0.2, -0.15) is 0 Å². The molecular formula is C16H23N. The Labute approximate surface area is 105 Å². The van der Waals surface area contributed by atoms with E-state index in [1.165, 1.54) is 5.56 Å². The fourth-order valence-electron chi connectivity index (χ4n) is 2.17. The number of hydrogen-bond donors (Lipinski definition) is 0. The third kappa shape index (κ3) is 3.86. The molecule has 0 saturated carbocycles. The quantitative estimate of drug-likeness (QED) is 0.633. The van der Waals surface area contributed by atoms with Gasteiger partial charge in [0.15, 0.2) is 0 Å². The Morgan fingerprint density at radius 2 is 1.76 bits per heavy atom. The first-order chi connectivity index (χ1) is 8.20. The van der Waals surface area contributed by atoms with Crippen molar-refractivity contribution in [3.8, 4) is 0 Å². The summed E-state index contributed by atoms with van der Waals surface area (Å²) in [7, 11) is 0. The van der Waals surface area contributed by atoms with Crippen LogP contribution >= 0.6 is 0 Å². The lowest BCUT2D eigenvalue weighted by molar-refractivity contribution is 0.174. The molecule has 0 aliphatic carbocycles. The molecule has 1 aromatic rings. The highest BCUT2D eigenvalue weighted by Gasteiger charge is 2.18. The van der Waals surface area contributed by atoms with Crippen molar-refractivity contribution < 1.29 is 0 Å². The van der Waals surface area contributed by atoms with Gasteiger partial charge in [0.05, 0.1) is 0 Å². The SMILES string of the molecule is C=CC[C@@H](C)N(CC=C)[C@H](C)c1ccccc1. The van der Waals surface area contributed by atoms with Crippen LogP contribution in [0.4, 0.5) is 0 Å². The largest absolute Gasteiger partial charge is 0.290 e. The molecule has 0 saturated heterocycles. The highest BCUT2D eigenvalue weighted by Crippen LogP contribution is 2.23. The van der Waals surface area contributed by atoms with Gasteiger partial charge >= 0.3 is 0 Å². The van der Waals surface area contributed by atoms with E-state index < -0.39 is 0 Å². The van der Waals surface area contributed by atoms with E-state index in [2.05, 4.69) is 62.2 Å². The van der Waals surface area contributed by atoms with Gasteiger partial charge in [0.25, 0.3) is 0 Å². The third-order valence-corrected chi connectivity index (χ3v) is 3.19. The van der Waals surface area contributed by atoms with E-state index in [1.54, 1.807) is 0 Å². The van der Waals surface area contributed by atoms with Crippen LogP contribution in [0.5, 0.6) is 0 Å². The van der Waals surface area contributed by atoms with E-state index in [4.69, 9.17) is 0 Å². The average Bonchev–Trinajstić information content (AvgIpc) is 2.36. The van der Waals surface area contributed by atoms with E-state index in [0.717, 1.165) is 13.0 Å². The Morgan fingerprint density at radius 3 is 2.29 bits per heavy atom. The fourth-order valence-corrected chi connectivity index (χ4v) is 2.17. The first kappa shape index (κ1) is 13.7. The highest BCUT2D eigenvalue weighted by atomic mass is 15.2. The average molecular weight is 229 g/mol. The maximum atomic E-state index is 3.85. The molecule has 1 nitrogen and oxygen atoms in total. The fraction of sp³-hybridized carbons (Fsp3) is 0.375. The second-order valence-corrected chi connectivity index (χ2v) is 4.45. The van der Waals surface area contributed by atoms with Crippen LogP contribution in [0.2, 0.25) is 0 Å². The second kappa shape index (κ2) is 7.08. The lowest BCUT2D eigenvalue weighted by Crippen LogP contribution is -2.35. The van der Waals surface area contributed by atoms with Crippen molar-refractivity contribution in [2.24, 2.45) is 0 Å². The summed E-state index contributed by atoms with van der Waals surface area (Å²) in [6, 6.07) is 11.5. The van der Waals surface area contributed by atoms with Crippen molar-refractivity contribution in [2.75, 3.05) is 6.54 Å². The van der Waals surface area contributed by atoms with Gasteiger partial charge in [-0.05, 0) is 25.8 Å². The number of rotatable bonds is 7. The Morgan fingerprint density at radius 1 is 1.12 bits per heavy atom. The molecule has 0 aromatic heterocycles. The lowest BCUT2D eigenvalue weighted by atomic mass is 10.0. The summed E-state index contributed by atoms with van der Waals surface area (Å²) in [5, 5.41) is 0. The van der Waals surface area contributed by atoms with Gasteiger partial charge in [-0.3, -0.25) is 4.90 Å². The van der Waals surface area contributed by atoms with Gasteiger partial charge in [-0.1, -0.05) is 42.5 Å². The third-order valence-electron chi connectivity index (χ3n) is 3.19. The highest BCUT2D eigenvalue weighted by molar-refractivity contribution is 5.18. The molecule has 1 heteroatoms. The summed E-state index contributed by atoms with van der Waals surface area (Å²) in [4.78, 5) is 2.45. The van der Waals surface area contributed by atoms with Crippen molar-refractivity contribution in [3.05, 3.63) is 61.2 Å². The van der Waals surface area contributed by atoms with Crippen LogP contribution in [0.25, 0.3) is 0 Å². The lowest BCUT2D eigenvalue weighted by Gasteiger charge is -2.33.